The third-order valence-electron chi connectivity index (χ3n) is 3.03. The quantitative estimate of drug-likeness (QED) is 0.825. The number of pyridine rings is 1. The number of aryl methyl sites for hydroxylation is 2. The molecule has 7 heteroatoms. The van der Waals surface area contributed by atoms with Crippen LogP contribution in [0.25, 0.3) is 11.5 Å². The molecule has 21 heavy (non-hydrogen) atoms. The van der Waals surface area contributed by atoms with E-state index in [1.165, 1.54) is 0 Å². The molecule has 0 spiro atoms. The van der Waals surface area contributed by atoms with Crippen LogP contribution in [0, 0.1) is 13.8 Å². The van der Waals surface area contributed by atoms with Gasteiger partial charge in [0.05, 0.1) is 0 Å². The molecule has 0 bridgehead atoms. The molecule has 2 rings (SSSR count). The molecule has 0 aliphatic carbocycles. The molecule has 110 valence electrons. The van der Waals surface area contributed by atoms with Crippen molar-refractivity contribution >= 4 is 37.8 Å². The van der Waals surface area contributed by atoms with Gasteiger partial charge >= 0.3 is 5.97 Å². The number of hydrogen-bond donors (Lipinski definition) is 1. The Morgan fingerprint density at radius 3 is 2.38 bits per heavy atom. The van der Waals surface area contributed by atoms with Crippen molar-refractivity contribution in [1.82, 2.24) is 15.0 Å². The predicted octanol–water partition coefficient (Wildman–Crippen LogP) is 3.70. The second kappa shape index (κ2) is 6.62. The molecular formula is C14H13Br2N3O2. The Morgan fingerprint density at radius 1 is 1.24 bits per heavy atom. The van der Waals surface area contributed by atoms with Gasteiger partial charge in [-0.05, 0) is 63.8 Å². The summed E-state index contributed by atoms with van der Waals surface area (Å²) < 4.78 is 1.67. The van der Waals surface area contributed by atoms with Crippen LogP contribution < -0.4 is 0 Å². The minimum atomic E-state index is -0.824. The number of carboxylic acids is 1. The summed E-state index contributed by atoms with van der Waals surface area (Å²) in [7, 11) is 0. The van der Waals surface area contributed by atoms with Crippen LogP contribution in [-0.4, -0.2) is 26.0 Å². The van der Waals surface area contributed by atoms with Gasteiger partial charge in [-0.15, -0.1) is 0 Å². The summed E-state index contributed by atoms with van der Waals surface area (Å²) in [4.78, 5) is 23.9. The normalized spacial score (nSPS) is 10.7. The van der Waals surface area contributed by atoms with Gasteiger partial charge in [-0.1, -0.05) is 0 Å². The van der Waals surface area contributed by atoms with E-state index < -0.39 is 5.97 Å². The molecule has 0 fully saturated rings. The summed E-state index contributed by atoms with van der Waals surface area (Å²) in [5.41, 5.74) is 3.12. The molecule has 0 aliphatic heterocycles. The molecule has 0 atom stereocenters. The van der Waals surface area contributed by atoms with E-state index in [1.807, 2.05) is 19.9 Å². The van der Waals surface area contributed by atoms with Gasteiger partial charge in [0.1, 0.15) is 5.69 Å². The van der Waals surface area contributed by atoms with E-state index in [2.05, 4.69) is 46.8 Å². The van der Waals surface area contributed by atoms with Gasteiger partial charge in [0.25, 0.3) is 0 Å². The zero-order valence-electron chi connectivity index (χ0n) is 11.5. The Balaban J connectivity index is 2.41. The molecule has 1 N–H and O–H groups in total. The summed E-state index contributed by atoms with van der Waals surface area (Å²) in [5, 5.41) is 8.79. The smallest absolute Gasteiger partial charge is 0.303 e. The fourth-order valence-corrected chi connectivity index (χ4v) is 3.18. The van der Waals surface area contributed by atoms with E-state index in [4.69, 9.17) is 5.11 Å². The van der Waals surface area contributed by atoms with Crippen LogP contribution in [0.2, 0.25) is 0 Å². The number of rotatable bonds is 4. The van der Waals surface area contributed by atoms with E-state index in [1.54, 1.807) is 6.20 Å². The first kappa shape index (κ1) is 16.0. The Morgan fingerprint density at radius 2 is 1.86 bits per heavy atom. The Hall–Kier alpha value is -1.34. The molecule has 0 saturated heterocycles. The van der Waals surface area contributed by atoms with Gasteiger partial charge in [-0.2, -0.15) is 0 Å². The van der Waals surface area contributed by atoms with Crippen LogP contribution in [0.4, 0.5) is 0 Å². The van der Waals surface area contributed by atoms with Crippen molar-refractivity contribution < 1.29 is 9.90 Å². The van der Waals surface area contributed by atoms with Gasteiger partial charge in [0, 0.05) is 33.0 Å². The average Bonchev–Trinajstić information content (AvgIpc) is 2.37. The van der Waals surface area contributed by atoms with E-state index in [0.717, 1.165) is 25.9 Å². The zero-order chi connectivity index (χ0) is 15.6. The lowest BCUT2D eigenvalue weighted by molar-refractivity contribution is -0.136. The number of carboxylic acid groups (broad SMARTS) is 1. The number of nitrogens with zero attached hydrogens (tertiary/aromatic N) is 3. The van der Waals surface area contributed by atoms with Crippen LogP contribution in [-0.2, 0) is 11.2 Å². The highest BCUT2D eigenvalue weighted by molar-refractivity contribution is 9.11. The summed E-state index contributed by atoms with van der Waals surface area (Å²) >= 11 is 6.81. The second-order valence-electron chi connectivity index (χ2n) is 4.57. The third kappa shape index (κ3) is 3.85. The van der Waals surface area contributed by atoms with Gasteiger partial charge in [-0.25, -0.2) is 9.97 Å². The number of carbonyl (C=O) groups is 1. The highest BCUT2D eigenvalue weighted by Gasteiger charge is 2.14. The van der Waals surface area contributed by atoms with E-state index in [9.17, 15) is 4.79 Å². The summed E-state index contributed by atoms with van der Waals surface area (Å²) in [5.74, 6) is -0.293. The predicted molar refractivity (Wildman–Crippen MR) is 86.1 cm³/mol. The zero-order valence-corrected chi connectivity index (χ0v) is 14.7. The molecule has 0 aliphatic rings. The number of halogens is 2. The van der Waals surface area contributed by atoms with Crippen LogP contribution >= 0.6 is 31.9 Å². The molecule has 2 aromatic rings. The number of aromatic nitrogens is 3. The highest BCUT2D eigenvalue weighted by atomic mass is 79.9. The van der Waals surface area contributed by atoms with Crippen molar-refractivity contribution in [3.63, 3.8) is 0 Å². The molecule has 0 aromatic carbocycles. The Bertz CT molecular complexity index is 682. The van der Waals surface area contributed by atoms with Crippen molar-refractivity contribution in [3.05, 3.63) is 38.2 Å². The van der Waals surface area contributed by atoms with E-state index >= 15 is 0 Å². The number of aliphatic carboxylic acids is 1. The third-order valence-corrected chi connectivity index (χ3v) is 4.07. The Kier molecular flexibility index (Phi) is 5.05. The molecule has 2 heterocycles. The van der Waals surface area contributed by atoms with Crippen molar-refractivity contribution in [3.8, 4) is 11.5 Å². The van der Waals surface area contributed by atoms with Crippen LogP contribution in [0.1, 0.15) is 23.4 Å². The van der Waals surface area contributed by atoms with E-state index in [-0.39, 0.29) is 6.42 Å². The number of hydrogen-bond acceptors (Lipinski definition) is 4. The highest BCUT2D eigenvalue weighted by Crippen LogP contribution is 2.27. The van der Waals surface area contributed by atoms with Crippen molar-refractivity contribution in [2.45, 2.75) is 26.7 Å². The molecule has 5 nitrogen and oxygen atoms in total. The molecule has 0 saturated carbocycles. The minimum Gasteiger partial charge on any atom is -0.481 e. The molecule has 0 radical (unpaired) electrons. The maximum Gasteiger partial charge on any atom is 0.303 e. The monoisotopic (exact) mass is 413 g/mol. The van der Waals surface area contributed by atoms with Crippen LogP contribution in [0.3, 0.4) is 0 Å². The lowest BCUT2D eigenvalue weighted by Crippen LogP contribution is -2.06. The average molecular weight is 415 g/mol. The molecule has 2 aromatic heterocycles. The largest absolute Gasteiger partial charge is 0.481 e. The first-order chi connectivity index (χ1) is 9.88. The SMILES string of the molecule is Cc1nc(-c2ncc(Br)cc2Br)nc(C)c1CCC(=O)O. The van der Waals surface area contributed by atoms with Crippen LogP contribution in [0.5, 0.6) is 0 Å². The van der Waals surface area contributed by atoms with Crippen molar-refractivity contribution in [1.29, 1.82) is 0 Å². The standard InChI is InChI=1S/C14H13Br2N3O2/c1-7-10(3-4-12(20)21)8(2)19-14(18-7)13-11(16)5-9(15)6-17-13/h5-6H,3-4H2,1-2H3,(H,20,21). The second-order valence-corrected chi connectivity index (χ2v) is 6.34. The lowest BCUT2D eigenvalue weighted by atomic mass is 10.1. The van der Waals surface area contributed by atoms with Crippen molar-refractivity contribution in [2.75, 3.05) is 0 Å². The van der Waals surface area contributed by atoms with E-state index in [0.29, 0.717) is 17.9 Å². The Labute approximate surface area is 139 Å². The first-order valence-electron chi connectivity index (χ1n) is 6.26. The lowest BCUT2D eigenvalue weighted by Gasteiger charge is -2.10. The molecular weight excluding hydrogens is 402 g/mol. The van der Waals surface area contributed by atoms with Gasteiger partial charge in [0.15, 0.2) is 5.82 Å². The molecule has 0 amide bonds. The maximum atomic E-state index is 10.7. The van der Waals surface area contributed by atoms with Gasteiger partial charge in [-0.3, -0.25) is 9.78 Å². The summed E-state index contributed by atoms with van der Waals surface area (Å²) in [6, 6.07) is 1.88. The fraction of sp³-hybridized carbons (Fsp3) is 0.286. The van der Waals surface area contributed by atoms with Gasteiger partial charge in [0.2, 0.25) is 0 Å². The van der Waals surface area contributed by atoms with Crippen molar-refractivity contribution in [2.24, 2.45) is 0 Å². The first-order valence-corrected chi connectivity index (χ1v) is 7.84. The molecule has 0 unspecified atom stereocenters. The fourth-order valence-electron chi connectivity index (χ4n) is 2.02. The summed E-state index contributed by atoms with van der Waals surface area (Å²) in [6.07, 6.45) is 2.19. The topological polar surface area (TPSA) is 76.0 Å². The van der Waals surface area contributed by atoms with Crippen LogP contribution in [0.15, 0.2) is 21.2 Å². The minimum absolute atomic E-state index is 0.0740. The summed E-state index contributed by atoms with van der Waals surface area (Å²) in [6.45, 7) is 3.73. The maximum absolute atomic E-state index is 10.7. The van der Waals surface area contributed by atoms with Gasteiger partial charge < -0.3 is 5.11 Å².